The van der Waals surface area contributed by atoms with Crippen LogP contribution in [0.1, 0.15) is 24.8 Å². The lowest BCUT2D eigenvalue weighted by atomic mass is 10.0. The zero-order chi connectivity index (χ0) is 14.1. The summed E-state index contributed by atoms with van der Waals surface area (Å²) in [6.45, 7) is 1.51. The van der Waals surface area contributed by atoms with Crippen molar-refractivity contribution in [2.45, 2.75) is 37.8 Å². The van der Waals surface area contributed by atoms with Gasteiger partial charge in [0, 0.05) is 26.4 Å². The molecule has 2 heterocycles. The maximum atomic E-state index is 11.6. The smallest absolute Gasteiger partial charge is 0.315 e. The van der Waals surface area contributed by atoms with Crippen molar-refractivity contribution in [1.82, 2.24) is 14.7 Å². The topological polar surface area (TPSA) is 73.4 Å². The molecule has 1 aliphatic heterocycles. The highest BCUT2D eigenvalue weighted by Gasteiger charge is 2.38. The quantitative estimate of drug-likeness (QED) is 0.870. The molecule has 1 saturated heterocycles. The average Bonchev–Trinajstić information content (AvgIpc) is 3.01. The second-order valence-electron chi connectivity index (χ2n) is 5.93. The normalized spacial score (nSPS) is 26.1. The number of ether oxygens (including phenoxy) is 1. The molecule has 3 rings (SSSR count). The summed E-state index contributed by atoms with van der Waals surface area (Å²) in [5, 5.41) is 4.18. The fraction of sp³-hybridized carbons (Fsp3) is 0.714. The maximum Gasteiger partial charge on any atom is 0.315 e. The molecule has 0 aromatic carbocycles. The third-order valence-corrected chi connectivity index (χ3v) is 4.21. The Balaban J connectivity index is 1.67. The van der Waals surface area contributed by atoms with Crippen LogP contribution in [0.15, 0.2) is 12.4 Å². The molecule has 6 nitrogen and oxygen atoms in total. The van der Waals surface area contributed by atoms with Gasteiger partial charge in [-0.15, -0.1) is 0 Å². The van der Waals surface area contributed by atoms with Gasteiger partial charge in [0.1, 0.15) is 0 Å². The summed E-state index contributed by atoms with van der Waals surface area (Å²) >= 11 is 0. The van der Waals surface area contributed by atoms with Crippen molar-refractivity contribution in [1.29, 1.82) is 0 Å². The summed E-state index contributed by atoms with van der Waals surface area (Å²) < 4.78 is 7.80. The Morgan fingerprint density at radius 2 is 2.30 bits per heavy atom. The highest BCUT2D eigenvalue weighted by atomic mass is 16.5. The number of amides is 2. The van der Waals surface area contributed by atoms with Crippen LogP contribution in [-0.4, -0.2) is 46.0 Å². The van der Waals surface area contributed by atoms with Gasteiger partial charge in [-0.3, -0.25) is 4.68 Å². The number of aromatic nitrogens is 2. The predicted molar refractivity (Wildman–Crippen MR) is 74.1 cm³/mol. The Morgan fingerprint density at radius 3 is 2.90 bits per heavy atom. The van der Waals surface area contributed by atoms with Gasteiger partial charge in [0.25, 0.3) is 0 Å². The SMILES string of the molecule is Cn1cc(C[C@@H]2[C@H](OCC3CC3)CCN2C(N)=O)cn1. The van der Waals surface area contributed by atoms with Crippen LogP contribution in [0.2, 0.25) is 0 Å². The van der Waals surface area contributed by atoms with E-state index in [1.165, 1.54) is 12.8 Å². The highest BCUT2D eigenvalue weighted by Crippen LogP contribution is 2.31. The Hall–Kier alpha value is -1.56. The van der Waals surface area contributed by atoms with Crippen molar-refractivity contribution in [2.24, 2.45) is 18.7 Å². The summed E-state index contributed by atoms with van der Waals surface area (Å²) in [5.41, 5.74) is 6.60. The van der Waals surface area contributed by atoms with Gasteiger partial charge >= 0.3 is 6.03 Å². The summed E-state index contributed by atoms with van der Waals surface area (Å²) in [4.78, 5) is 13.3. The first-order valence-corrected chi connectivity index (χ1v) is 7.28. The van der Waals surface area contributed by atoms with E-state index < -0.39 is 0 Å². The van der Waals surface area contributed by atoms with E-state index in [9.17, 15) is 4.79 Å². The first kappa shape index (κ1) is 13.4. The van der Waals surface area contributed by atoms with E-state index in [1.54, 1.807) is 9.58 Å². The van der Waals surface area contributed by atoms with Gasteiger partial charge in [-0.2, -0.15) is 5.10 Å². The number of nitrogens with two attached hydrogens (primary N) is 1. The minimum absolute atomic E-state index is 0.0375. The van der Waals surface area contributed by atoms with Crippen molar-refractivity contribution in [2.75, 3.05) is 13.2 Å². The van der Waals surface area contributed by atoms with Crippen LogP contribution < -0.4 is 5.73 Å². The minimum atomic E-state index is -0.351. The number of nitrogens with zero attached hydrogens (tertiary/aromatic N) is 3. The molecule has 110 valence electrons. The van der Waals surface area contributed by atoms with E-state index in [2.05, 4.69) is 5.10 Å². The molecule has 0 unspecified atom stereocenters. The van der Waals surface area contributed by atoms with Gasteiger partial charge in [-0.05, 0) is 37.2 Å². The molecule has 1 aromatic heterocycles. The molecule has 2 aliphatic rings. The van der Waals surface area contributed by atoms with Crippen molar-refractivity contribution in [3.63, 3.8) is 0 Å². The van der Waals surface area contributed by atoms with Crippen LogP contribution >= 0.6 is 0 Å². The van der Waals surface area contributed by atoms with Crippen LogP contribution in [0.5, 0.6) is 0 Å². The number of hydrogen-bond acceptors (Lipinski definition) is 3. The minimum Gasteiger partial charge on any atom is -0.376 e. The molecule has 2 amide bonds. The molecule has 1 saturated carbocycles. The van der Waals surface area contributed by atoms with Gasteiger partial charge < -0.3 is 15.4 Å². The van der Waals surface area contributed by atoms with Crippen LogP contribution in [0.3, 0.4) is 0 Å². The lowest BCUT2D eigenvalue weighted by Crippen LogP contribution is -2.44. The van der Waals surface area contributed by atoms with E-state index in [4.69, 9.17) is 10.5 Å². The number of carbonyl (C=O) groups is 1. The van der Waals surface area contributed by atoms with Crippen LogP contribution in [0.25, 0.3) is 0 Å². The van der Waals surface area contributed by atoms with Gasteiger partial charge in [0.05, 0.1) is 18.3 Å². The van der Waals surface area contributed by atoms with E-state index in [1.807, 2.05) is 19.4 Å². The lowest BCUT2D eigenvalue weighted by Gasteiger charge is -2.26. The Morgan fingerprint density at radius 1 is 1.50 bits per heavy atom. The molecule has 2 fully saturated rings. The molecule has 2 N–H and O–H groups in total. The van der Waals surface area contributed by atoms with Crippen molar-refractivity contribution < 1.29 is 9.53 Å². The van der Waals surface area contributed by atoms with Gasteiger partial charge in [-0.1, -0.05) is 0 Å². The number of urea groups is 1. The number of hydrogen-bond donors (Lipinski definition) is 1. The summed E-state index contributed by atoms with van der Waals surface area (Å²) in [6, 6.07) is -0.313. The van der Waals surface area contributed by atoms with E-state index >= 15 is 0 Å². The van der Waals surface area contributed by atoms with Crippen molar-refractivity contribution >= 4 is 6.03 Å². The van der Waals surface area contributed by atoms with Crippen molar-refractivity contribution in [3.8, 4) is 0 Å². The zero-order valence-electron chi connectivity index (χ0n) is 11.9. The summed E-state index contributed by atoms with van der Waals surface area (Å²) in [5.74, 6) is 0.733. The second-order valence-corrected chi connectivity index (χ2v) is 5.93. The van der Waals surface area contributed by atoms with E-state index in [0.717, 1.165) is 30.9 Å². The highest BCUT2D eigenvalue weighted by molar-refractivity contribution is 5.72. The monoisotopic (exact) mass is 278 g/mol. The van der Waals surface area contributed by atoms with E-state index in [0.29, 0.717) is 6.54 Å². The fourth-order valence-corrected chi connectivity index (χ4v) is 2.90. The molecule has 0 bridgehead atoms. The predicted octanol–water partition coefficient (Wildman–Crippen LogP) is 0.911. The first-order valence-electron chi connectivity index (χ1n) is 7.28. The number of carbonyl (C=O) groups excluding carboxylic acids is 1. The third kappa shape index (κ3) is 2.95. The molecule has 0 radical (unpaired) electrons. The molecule has 1 aromatic rings. The molecular formula is C14H22N4O2. The van der Waals surface area contributed by atoms with Crippen molar-refractivity contribution in [3.05, 3.63) is 18.0 Å². The number of rotatable bonds is 5. The lowest BCUT2D eigenvalue weighted by molar-refractivity contribution is 0.0265. The molecular weight excluding hydrogens is 256 g/mol. The maximum absolute atomic E-state index is 11.6. The van der Waals surface area contributed by atoms with Gasteiger partial charge in [0.2, 0.25) is 0 Å². The molecule has 6 heteroatoms. The van der Waals surface area contributed by atoms with Crippen LogP contribution in [-0.2, 0) is 18.2 Å². The molecule has 1 aliphatic carbocycles. The summed E-state index contributed by atoms with van der Waals surface area (Å²) in [6.07, 6.45) is 8.11. The standard InChI is InChI=1S/C14H22N4O2/c1-17-8-11(7-16-17)6-12-13(20-9-10-2-3-10)4-5-18(12)14(15)19/h7-8,10,12-13H,2-6,9H2,1H3,(H2,15,19)/t12-,13-/m1/s1. The molecule has 0 spiro atoms. The van der Waals surface area contributed by atoms with E-state index in [-0.39, 0.29) is 18.2 Å². The Kier molecular flexibility index (Phi) is 3.65. The molecule has 20 heavy (non-hydrogen) atoms. The molecule has 2 atom stereocenters. The summed E-state index contributed by atoms with van der Waals surface area (Å²) in [7, 11) is 1.89. The Labute approximate surface area is 118 Å². The Bertz CT molecular complexity index is 483. The number of primary amides is 1. The van der Waals surface area contributed by atoms with Gasteiger partial charge in [-0.25, -0.2) is 4.79 Å². The van der Waals surface area contributed by atoms with Gasteiger partial charge in [0.15, 0.2) is 0 Å². The van der Waals surface area contributed by atoms with Crippen LogP contribution in [0.4, 0.5) is 4.79 Å². The first-order chi connectivity index (χ1) is 9.63. The fourth-order valence-electron chi connectivity index (χ4n) is 2.90. The largest absolute Gasteiger partial charge is 0.376 e. The number of aryl methyl sites for hydroxylation is 1. The second kappa shape index (κ2) is 5.44. The van der Waals surface area contributed by atoms with Crippen LogP contribution in [0, 0.1) is 5.92 Å². The third-order valence-electron chi connectivity index (χ3n) is 4.21. The zero-order valence-corrected chi connectivity index (χ0v) is 11.9. The average molecular weight is 278 g/mol. The number of likely N-dealkylation sites (tertiary alicyclic amines) is 1.